The van der Waals surface area contributed by atoms with Gasteiger partial charge in [-0.3, -0.25) is 9.67 Å². The number of hydrogen-bond donors (Lipinski definition) is 2. The normalized spacial score (nSPS) is 16.0. The number of aromatic nitrogens is 2. The Morgan fingerprint density at radius 1 is 1.16 bits per heavy atom. The van der Waals surface area contributed by atoms with E-state index in [2.05, 4.69) is 32.9 Å². The predicted octanol–water partition coefficient (Wildman–Crippen LogP) is 3.77. The van der Waals surface area contributed by atoms with Crippen LogP contribution in [0.2, 0.25) is 0 Å². The Morgan fingerprint density at radius 3 is 2.72 bits per heavy atom. The Bertz CT molecular complexity index is 1040. The fourth-order valence-electron chi connectivity index (χ4n) is 3.76. The van der Waals surface area contributed by atoms with Gasteiger partial charge in [0.15, 0.2) is 5.96 Å². The number of guanidine groups is 1. The summed E-state index contributed by atoms with van der Waals surface area (Å²) < 4.78 is 29.1. The summed E-state index contributed by atoms with van der Waals surface area (Å²) in [6, 6.07) is 14.0. The Balaban J connectivity index is 0.00000289. The van der Waals surface area contributed by atoms with E-state index < -0.39 is 11.6 Å². The number of nitrogens with one attached hydrogen (secondary N) is 2. The van der Waals surface area contributed by atoms with Crippen molar-refractivity contribution < 1.29 is 8.78 Å². The Hall–Kier alpha value is -2.69. The third-order valence-corrected chi connectivity index (χ3v) is 5.34. The van der Waals surface area contributed by atoms with Crippen molar-refractivity contribution in [1.29, 1.82) is 0 Å². The molecule has 0 spiro atoms. The first-order chi connectivity index (χ1) is 15.1. The van der Waals surface area contributed by atoms with Crippen LogP contribution >= 0.6 is 24.0 Å². The van der Waals surface area contributed by atoms with Gasteiger partial charge in [0.2, 0.25) is 0 Å². The SMILES string of the molecule is CN=C(NCc1cnn(Cc2ccccc2)c1)NC1CCN(c2ccc(F)cc2F)C1.I. The molecule has 1 atom stereocenters. The van der Waals surface area contributed by atoms with E-state index in [1.807, 2.05) is 40.2 Å². The maximum absolute atomic E-state index is 14.1. The van der Waals surface area contributed by atoms with Crippen LogP contribution in [-0.4, -0.2) is 41.9 Å². The monoisotopic (exact) mass is 552 g/mol. The van der Waals surface area contributed by atoms with E-state index in [0.29, 0.717) is 31.3 Å². The van der Waals surface area contributed by atoms with Gasteiger partial charge in [0, 0.05) is 50.6 Å². The molecule has 2 aromatic carbocycles. The van der Waals surface area contributed by atoms with Crippen LogP contribution < -0.4 is 15.5 Å². The summed E-state index contributed by atoms with van der Waals surface area (Å²) in [5.74, 6) is -0.412. The number of aliphatic imine (C=N–C) groups is 1. The molecule has 0 aliphatic carbocycles. The molecule has 0 saturated carbocycles. The molecule has 1 saturated heterocycles. The summed E-state index contributed by atoms with van der Waals surface area (Å²) in [4.78, 5) is 6.22. The molecular weight excluding hydrogens is 525 g/mol. The van der Waals surface area contributed by atoms with Gasteiger partial charge in [-0.25, -0.2) is 8.78 Å². The highest BCUT2D eigenvalue weighted by Crippen LogP contribution is 2.24. The first kappa shape index (κ1) is 24.0. The van der Waals surface area contributed by atoms with Crippen molar-refractivity contribution in [2.45, 2.75) is 25.6 Å². The highest BCUT2D eigenvalue weighted by molar-refractivity contribution is 14.0. The zero-order valence-electron chi connectivity index (χ0n) is 17.8. The summed E-state index contributed by atoms with van der Waals surface area (Å²) in [5.41, 5.74) is 2.69. The number of anilines is 1. The van der Waals surface area contributed by atoms with Gasteiger partial charge in [0.25, 0.3) is 0 Å². The molecule has 1 unspecified atom stereocenters. The van der Waals surface area contributed by atoms with Crippen molar-refractivity contribution in [3.63, 3.8) is 0 Å². The Labute approximate surface area is 203 Å². The fraction of sp³-hybridized carbons (Fsp3) is 0.304. The van der Waals surface area contributed by atoms with Gasteiger partial charge >= 0.3 is 0 Å². The van der Waals surface area contributed by atoms with E-state index in [1.165, 1.54) is 17.7 Å². The molecule has 170 valence electrons. The van der Waals surface area contributed by atoms with Gasteiger partial charge in [0.05, 0.1) is 18.4 Å². The lowest BCUT2D eigenvalue weighted by Gasteiger charge is -2.20. The molecule has 2 N–H and O–H groups in total. The zero-order valence-corrected chi connectivity index (χ0v) is 20.2. The van der Waals surface area contributed by atoms with E-state index >= 15 is 0 Å². The van der Waals surface area contributed by atoms with Gasteiger partial charge in [0.1, 0.15) is 11.6 Å². The van der Waals surface area contributed by atoms with Crippen LogP contribution in [0.25, 0.3) is 0 Å². The third-order valence-electron chi connectivity index (χ3n) is 5.34. The van der Waals surface area contributed by atoms with Crippen molar-refractivity contribution in [3.05, 3.63) is 83.7 Å². The van der Waals surface area contributed by atoms with E-state index in [1.54, 1.807) is 7.05 Å². The molecular formula is C23H27F2IN6. The summed E-state index contributed by atoms with van der Waals surface area (Å²) in [6.45, 7) is 2.64. The minimum Gasteiger partial charge on any atom is -0.367 e. The fourth-order valence-corrected chi connectivity index (χ4v) is 3.76. The smallest absolute Gasteiger partial charge is 0.191 e. The van der Waals surface area contributed by atoms with Crippen molar-refractivity contribution in [2.24, 2.45) is 4.99 Å². The van der Waals surface area contributed by atoms with Gasteiger partial charge < -0.3 is 15.5 Å². The first-order valence-corrected chi connectivity index (χ1v) is 10.3. The Morgan fingerprint density at radius 2 is 1.97 bits per heavy atom. The average molecular weight is 552 g/mol. The summed E-state index contributed by atoms with van der Waals surface area (Å²) in [6.07, 6.45) is 4.70. The van der Waals surface area contributed by atoms with Crippen molar-refractivity contribution in [2.75, 3.05) is 25.0 Å². The van der Waals surface area contributed by atoms with Crippen LogP contribution in [0.1, 0.15) is 17.5 Å². The zero-order chi connectivity index (χ0) is 21.6. The molecule has 1 aromatic heterocycles. The van der Waals surface area contributed by atoms with Crippen molar-refractivity contribution in [3.8, 4) is 0 Å². The molecule has 3 aromatic rings. The van der Waals surface area contributed by atoms with Gasteiger partial charge in [-0.15, -0.1) is 24.0 Å². The van der Waals surface area contributed by atoms with Crippen LogP contribution in [0.5, 0.6) is 0 Å². The van der Waals surface area contributed by atoms with Gasteiger partial charge in [-0.1, -0.05) is 30.3 Å². The van der Waals surface area contributed by atoms with Crippen LogP contribution in [0.4, 0.5) is 14.5 Å². The standard InChI is InChI=1S/C23H26F2N6.HI/c1-26-23(27-12-18-13-28-31(15-18)14-17-5-3-2-4-6-17)29-20-9-10-30(16-20)22-8-7-19(24)11-21(22)25;/h2-8,11,13,15,20H,9-10,12,14,16H2,1H3,(H2,26,27,29);1H. The minimum atomic E-state index is -0.563. The molecule has 1 fully saturated rings. The van der Waals surface area contributed by atoms with Gasteiger partial charge in [-0.05, 0) is 24.1 Å². The summed E-state index contributed by atoms with van der Waals surface area (Å²) >= 11 is 0. The molecule has 1 aliphatic heterocycles. The van der Waals surface area contributed by atoms with E-state index in [0.717, 1.165) is 24.6 Å². The first-order valence-electron chi connectivity index (χ1n) is 10.3. The van der Waals surface area contributed by atoms with Crippen molar-refractivity contribution in [1.82, 2.24) is 20.4 Å². The molecule has 1 aliphatic rings. The van der Waals surface area contributed by atoms with Crippen LogP contribution in [-0.2, 0) is 13.1 Å². The van der Waals surface area contributed by atoms with Crippen LogP contribution in [0.3, 0.4) is 0 Å². The average Bonchev–Trinajstić information content (AvgIpc) is 3.41. The number of hydrogen-bond acceptors (Lipinski definition) is 3. The largest absolute Gasteiger partial charge is 0.367 e. The summed E-state index contributed by atoms with van der Waals surface area (Å²) in [7, 11) is 1.72. The lowest BCUT2D eigenvalue weighted by Crippen LogP contribution is -2.44. The lowest BCUT2D eigenvalue weighted by molar-refractivity contribution is 0.580. The van der Waals surface area contributed by atoms with Gasteiger partial charge in [-0.2, -0.15) is 5.10 Å². The topological polar surface area (TPSA) is 57.5 Å². The number of benzene rings is 2. The molecule has 0 bridgehead atoms. The molecule has 0 amide bonds. The number of halogens is 3. The lowest BCUT2D eigenvalue weighted by atomic mass is 10.2. The number of rotatable bonds is 6. The van der Waals surface area contributed by atoms with E-state index in [9.17, 15) is 8.78 Å². The van der Waals surface area contributed by atoms with E-state index in [4.69, 9.17) is 0 Å². The predicted molar refractivity (Wildman–Crippen MR) is 133 cm³/mol. The molecule has 0 radical (unpaired) electrons. The minimum absolute atomic E-state index is 0. The molecule has 2 heterocycles. The van der Waals surface area contributed by atoms with Crippen LogP contribution in [0, 0.1) is 11.6 Å². The van der Waals surface area contributed by atoms with Crippen molar-refractivity contribution >= 4 is 35.6 Å². The second-order valence-corrected chi connectivity index (χ2v) is 7.63. The van der Waals surface area contributed by atoms with E-state index in [-0.39, 0.29) is 30.0 Å². The molecule has 4 rings (SSSR count). The number of nitrogens with zero attached hydrogens (tertiary/aromatic N) is 4. The molecule has 9 heteroatoms. The maximum Gasteiger partial charge on any atom is 0.191 e. The third kappa shape index (κ3) is 6.18. The molecule has 32 heavy (non-hydrogen) atoms. The highest BCUT2D eigenvalue weighted by atomic mass is 127. The quantitative estimate of drug-likeness (QED) is 0.278. The van der Waals surface area contributed by atoms with Crippen LogP contribution in [0.15, 0.2) is 65.9 Å². The summed E-state index contributed by atoms with van der Waals surface area (Å²) in [5, 5.41) is 11.1. The second kappa shape index (κ2) is 11.3. The highest BCUT2D eigenvalue weighted by Gasteiger charge is 2.25. The Kier molecular flexibility index (Phi) is 8.43. The second-order valence-electron chi connectivity index (χ2n) is 7.63. The maximum atomic E-state index is 14.1. The molecule has 6 nitrogen and oxygen atoms in total.